The number of unbranched alkanes of at least 4 members (excludes halogenated alkanes) is 2. The molecular formula is C24H29FN2O2. The third-order valence-corrected chi connectivity index (χ3v) is 5.35. The fraction of sp³-hybridized carbons (Fsp3) is 0.417. The van der Waals surface area contributed by atoms with Gasteiger partial charge in [-0.1, -0.05) is 50.1 Å². The molecular weight excluding hydrogens is 367 g/mol. The highest BCUT2D eigenvalue weighted by Gasteiger charge is 2.32. The second-order valence-electron chi connectivity index (χ2n) is 7.43. The van der Waals surface area contributed by atoms with Gasteiger partial charge < -0.3 is 4.74 Å². The molecule has 5 heteroatoms. The average molecular weight is 397 g/mol. The molecule has 1 heterocycles. The average Bonchev–Trinajstić information content (AvgIpc) is 3.16. The molecule has 0 amide bonds. The standard InChI is InChI=1S/C24H29FN2O2/c1-3-4-7-15-27-23(20-11-5-6-12-21(20)25)17-22(26-27)24(28)14-13-18-9-8-10-19(16-18)29-2/h5-6,8-12,16,23H,3-4,7,13-15,17H2,1-2H3. The minimum absolute atomic E-state index is 0.0344. The third-order valence-electron chi connectivity index (χ3n) is 5.35. The van der Waals surface area contributed by atoms with Crippen LogP contribution in [0.5, 0.6) is 5.75 Å². The molecule has 1 unspecified atom stereocenters. The Morgan fingerprint density at radius 1 is 1.21 bits per heavy atom. The fourth-order valence-electron chi connectivity index (χ4n) is 3.70. The van der Waals surface area contributed by atoms with Crippen LogP contribution in [0, 0.1) is 5.82 Å². The minimum Gasteiger partial charge on any atom is -0.497 e. The van der Waals surface area contributed by atoms with E-state index in [9.17, 15) is 9.18 Å². The first kappa shape index (κ1) is 21.0. The number of hydrazone groups is 1. The molecule has 1 aliphatic heterocycles. The Kier molecular flexibility index (Phi) is 7.39. The second-order valence-corrected chi connectivity index (χ2v) is 7.43. The van der Waals surface area contributed by atoms with Gasteiger partial charge in [0.25, 0.3) is 0 Å². The van der Waals surface area contributed by atoms with Gasteiger partial charge in [0, 0.05) is 24.9 Å². The van der Waals surface area contributed by atoms with E-state index in [1.165, 1.54) is 6.07 Å². The van der Waals surface area contributed by atoms with Crippen molar-refractivity contribution < 1.29 is 13.9 Å². The van der Waals surface area contributed by atoms with Gasteiger partial charge in [-0.15, -0.1) is 0 Å². The summed E-state index contributed by atoms with van der Waals surface area (Å²) in [6, 6.07) is 14.3. The Bertz CT molecular complexity index is 865. The van der Waals surface area contributed by atoms with Gasteiger partial charge in [0.1, 0.15) is 17.3 Å². The summed E-state index contributed by atoms with van der Waals surface area (Å²) in [5, 5.41) is 6.52. The zero-order chi connectivity index (χ0) is 20.6. The lowest BCUT2D eigenvalue weighted by Crippen LogP contribution is -2.21. The molecule has 154 valence electrons. The molecule has 0 fully saturated rings. The highest BCUT2D eigenvalue weighted by Crippen LogP contribution is 2.33. The maximum Gasteiger partial charge on any atom is 0.179 e. The normalized spacial score (nSPS) is 16.0. The fourth-order valence-corrected chi connectivity index (χ4v) is 3.70. The number of ether oxygens (including phenoxy) is 1. The molecule has 0 saturated carbocycles. The van der Waals surface area contributed by atoms with Gasteiger partial charge in [-0.05, 0) is 36.6 Å². The van der Waals surface area contributed by atoms with Gasteiger partial charge in [0.2, 0.25) is 0 Å². The predicted octanol–water partition coefficient (Wildman–Crippen LogP) is 5.33. The number of nitrogens with zero attached hydrogens (tertiary/aromatic N) is 2. The number of halogens is 1. The number of benzene rings is 2. The molecule has 0 N–H and O–H groups in total. The van der Waals surface area contributed by atoms with Crippen molar-refractivity contribution in [3.8, 4) is 5.75 Å². The van der Waals surface area contributed by atoms with Crippen molar-refractivity contribution >= 4 is 11.5 Å². The van der Waals surface area contributed by atoms with Crippen LogP contribution < -0.4 is 4.74 Å². The highest BCUT2D eigenvalue weighted by atomic mass is 19.1. The SMILES string of the molecule is CCCCCN1N=C(C(=O)CCc2cccc(OC)c2)CC1c1ccccc1F. The van der Waals surface area contributed by atoms with Crippen LogP contribution >= 0.6 is 0 Å². The quantitative estimate of drug-likeness (QED) is 0.510. The molecule has 1 atom stereocenters. The van der Waals surface area contributed by atoms with Crippen molar-refractivity contribution in [2.45, 2.75) is 51.5 Å². The van der Waals surface area contributed by atoms with Crippen molar-refractivity contribution in [1.29, 1.82) is 0 Å². The van der Waals surface area contributed by atoms with Gasteiger partial charge in [0.05, 0.1) is 13.2 Å². The Labute approximate surface area is 172 Å². The zero-order valence-electron chi connectivity index (χ0n) is 17.2. The summed E-state index contributed by atoms with van der Waals surface area (Å²) in [7, 11) is 1.63. The first-order chi connectivity index (χ1) is 14.1. The lowest BCUT2D eigenvalue weighted by molar-refractivity contribution is -0.113. The van der Waals surface area contributed by atoms with Gasteiger partial charge >= 0.3 is 0 Å². The molecule has 29 heavy (non-hydrogen) atoms. The number of hydrogen-bond acceptors (Lipinski definition) is 4. The van der Waals surface area contributed by atoms with E-state index in [-0.39, 0.29) is 17.6 Å². The first-order valence-corrected chi connectivity index (χ1v) is 10.4. The Morgan fingerprint density at radius 3 is 2.79 bits per heavy atom. The van der Waals surface area contributed by atoms with E-state index in [1.807, 2.05) is 35.3 Å². The van der Waals surface area contributed by atoms with Crippen molar-refractivity contribution in [1.82, 2.24) is 5.01 Å². The van der Waals surface area contributed by atoms with Gasteiger partial charge in [-0.2, -0.15) is 5.10 Å². The molecule has 2 aromatic carbocycles. The van der Waals surface area contributed by atoms with Gasteiger partial charge in [-0.3, -0.25) is 9.80 Å². The highest BCUT2D eigenvalue weighted by molar-refractivity contribution is 6.40. The van der Waals surface area contributed by atoms with Crippen LogP contribution in [0.2, 0.25) is 0 Å². The molecule has 0 aliphatic carbocycles. The maximum absolute atomic E-state index is 14.4. The minimum atomic E-state index is -0.238. The number of Topliss-reactive ketones (excluding diaryl/α,β-unsaturated/α-hetero) is 1. The summed E-state index contributed by atoms with van der Waals surface area (Å²) in [6.07, 6.45) is 4.66. The van der Waals surface area contributed by atoms with E-state index in [2.05, 4.69) is 12.0 Å². The number of carbonyl (C=O) groups excluding carboxylic acids is 1. The van der Waals surface area contributed by atoms with Crippen LogP contribution in [0.1, 0.15) is 56.2 Å². The van der Waals surface area contributed by atoms with E-state index in [1.54, 1.807) is 19.2 Å². The van der Waals surface area contributed by atoms with Crippen LogP contribution in [-0.4, -0.2) is 30.2 Å². The van der Waals surface area contributed by atoms with Crippen molar-refractivity contribution in [3.63, 3.8) is 0 Å². The summed E-state index contributed by atoms with van der Waals surface area (Å²) >= 11 is 0. The monoisotopic (exact) mass is 396 g/mol. The first-order valence-electron chi connectivity index (χ1n) is 10.4. The van der Waals surface area contributed by atoms with E-state index >= 15 is 0 Å². The Morgan fingerprint density at radius 2 is 2.03 bits per heavy atom. The zero-order valence-corrected chi connectivity index (χ0v) is 17.2. The van der Waals surface area contributed by atoms with Crippen LogP contribution in [0.15, 0.2) is 53.6 Å². The Balaban J connectivity index is 1.69. The summed E-state index contributed by atoms with van der Waals surface area (Å²) < 4.78 is 19.6. The van der Waals surface area contributed by atoms with E-state index in [0.717, 1.165) is 37.1 Å². The van der Waals surface area contributed by atoms with Crippen LogP contribution in [0.25, 0.3) is 0 Å². The number of ketones is 1. The number of aryl methyl sites for hydroxylation is 1. The predicted molar refractivity (Wildman–Crippen MR) is 114 cm³/mol. The number of carbonyl (C=O) groups is 1. The number of hydrogen-bond donors (Lipinski definition) is 0. The molecule has 0 saturated heterocycles. The smallest absolute Gasteiger partial charge is 0.179 e. The third kappa shape index (κ3) is 5.43. The summed E-state index contributed by atoms with van der Waals surface area (Å²) in [5.41, 5.74) is 2.22. The van der Waals surface area contributed by atoms with E-state index in [0.29, 0.717) is 30.5 Å². The molecule has 0 bridgehead atoms. The van der Waals surface area contributed by atoms with Crippen molar-refractivity contribution in [3.05, 3.63) is 65.5 Å². The molecule has 0 spiro atoms. The molecule has 4 nitrogen and oxygen atoms in total. The van der Waals surface area contributed by atoms with Gasteiger partial charge in [0.15, 0.2) is 5.78 Å². The van der Waals surface area contributed by atoms with Gasteiger partial charge in [-0.25, -0.2) is 4.39 Å². The summed E-state index contributed by atoms with van der Waals surface area (Å²) in [6.45, 7) is 2.88. The summed E-state index contributed by atoms with van der Waals surface area (Å²) in [4.78, 5) is 12.8. The molecule has 0 aromatic heterocycles. The topological polar surface area (TPSA) is 41.9 Å². The molecule has 0 radical (unpaired) electrons. The van der Waals surface area contributed by atoms with Crippen LogP contribution in [-0.2, 0) is 11.2 Å². The molecule has 1 aliphatic rings. The second kappa shape index (κ2) is 10.2. The summed E-state index contributed by atoms with van der Waals surface area (Å²) in [5.74, 6) is 0.584. The number of rotatable bonds is 10. The number of methoxy groups -OCH3 is 1. The largest absolute Gasteiger partial charge is 0.497 e. The van der Waals surface area contributed by atoms with E-state index in [4.69, 9.17) is 4.74 Å². The molecule has 3 rings (SSSR count). The van der Waals surface area contributed by atoms with E-state index < -0.39 is 0 Å². The Hall–Kier alpha value is -2.69. The van der Waals surface area contributed by atoms with Crippen LogP contribution in [0.3, 0.4) is 0 Å². The lowest BCUT2D eigenvalue weighted by atomic mass is 9.97. The van der Waals surface area contributed by atoms with Crippen molar-refractivity contribution in [2.24, 2.45) is 5.10 Å². The maximum atomic E-state index is 14.4. The van der Waals surface area contributed by atoms with Crippen molar-refractivity contribution in [2.75, 3.05) is 13.7 Å². The molecule has 2 aromatic rings. The lowest BCUT2D eigenvalue weighted by Gasteiger charge is -2.24. The van der Waals surface area contributed by atoms with Crippen LogP contribution in [0.4, 0.5) is 4.39 Å².